The lowest BCUT2D eigenvalue weighted by molar-refractivity contribution is -0.152. The molecule has 8 heteroatoms. The molecular formula is C22H27ClN2O4S. The summed E-state index contributed by atoms with van der Waals surface area (Å²) in [6.45, 7) is 2.55. The molecule has 0 aromatic heterocycles. The maximum atomic E-state index is 13.6. The molecule has 162 valence electrons. The third kappa shape index (κ3) is 5.47. The summed E-state index contributed by atoms with van der Waals surface area (Å²) in [7, 11) is 5.54. The van der Waals surface area contributed by atoms with E-state index >= 15 is 0 Å². The summed E-state index contributed by atoms with van der Waals surface area (Å²) in [5.74, 6) is 0.0528. The molecule has 1 heterocycles. The van der Waals surface area contributed by atoms with Crippen LogP contribution in [0.3, 0.4) is 0 Å². The van der Waals surface area contributed by atoms with Crippen LogP contribution in [0.1, 0.15) is 19.2 Å². The van der Waals surface area contributed by atoms with Crippen LogP contribution >= 0.6 is 11.8 Å². The number of amides is 1. The van der Waals surface area contributed by atoms with Crippen LogP contribution in [0.15, 0.2) is 53.4 Å². The van der Waals surface area contributed by atoms with Crippen LogP contribution < -0.4 is 22.0 Å². The van der Waals surface area contributed by atoms with E-state index in [-0.39, 0.29) is 25.0 Å². The highest BCUT2D eigenvalue weighted by atomic mass is 35.5. The topological polar surface area (TPSA) is 59.1 Å². The Morgan fingerprint density at radius 3 is 2.43 bits per heavy atom. The van der Waals surface area contributed by atoms with Crippen molar-refractivity contribution in [3.05, 3.63) is 54.1 Å². The first-order chi connectivity index (χ1) is 13.9. The Bertz CT molecular complexity index is 882. The van der Waals surface area contributed by atoms with Gasteiger partial charge in [0.1, 0.15) is 5.75 Å². The molecule has 0 saturated heterocycles. The fourth-order valence-corrected chi connectivity index (χ4v) is 4.56. The standard InChI is InChI=1S/C22H26N2O4S.ClH/c1-15(25)28-20-21(16-9-11-17(27-4)12-10-16)29-19-8-6-5-7-18(19)24(22(20)26)14-13-23(2)3;/h5-12,20-21H,13-14H2,1-4H3;1H. The van der Waals surface area contributed by atoms with Gasteiger partial charge in [-0.1, -0.05) is 24.3 Å². The van der Waals surface area contributed by atoms with E-state index in [4.69, 9.17) is 9.47 Å². The number of hydrogen-bond acceptors (Lipinski definition) is 6. The minimum Gasteiger partial charge on any atom is -1.00 e. The smallest absolute Gasteiger partial charge is 1.00 e. The van der Waals surface area contributed by atoms with Gasteiger partial charge in [-0.15, -0.1) is 11.8 Å². The van der Waals surface area contributed by atoms with Crippen molar-refractivity contribution in [3.63, 3.8) is 0 Å². The number of benzene rings is 2. The van der Waals surface area contributed by atoms with Crippen LogP contribution in [0.2, 0.25) is 0 Å². The van der Waals surface area contributed by atoms with Crippen molar-refractivity contribution in [2.45, 2.75) is 23.2 Å². The second kappa shape index (κ2) is 10.7. The summed E-state index contributed by atoms with van der Waals surface area (Å²) in [5, 5.41) is -0.359. The average molecular weight is 451 g/mol. The van der Waals surface area contributed by atoms with E-state index in [1.807, 2.05) is 67.5 Å². The molecule has 1 aliphatic heterocycles. The quantitative estimate of drug-likeness (QED) is 0.597. The number of thioether (sulfide) groups is 1. The third-order valence-electron chi connectivity index (χ3n) is 4.70. The van der Waals surface area contributed by atoms with E-state index in [1.54, 1.807) is 23.8 Å². The molecule has 6 nitrogen and oxygen atoms in total. The van der Waals surface area contributed by atoms with Crippen LogP contribution in [0.25, 0.3) is 0 Å². The number of fused-ring (bicyclic) bond motifs is 1. The Balaban J connectivity index is 0.00000240. The van der Waals surface area contributed by atoms with Gasteiger partial charge < -0.3 is 31.7 Å². The Morgan fingerprint density at radius 2 is 1.83 bits per heavy atom. The highest BCUT2D eigenvalue weighted by Gasteiger charge is 2.40. The second-order valence-corrected chi connectivity index (χ2v) is 8.29. The van der Waals surface area contributed by atoms with E-state index in [0.29, 0.717) is 13.1 Å². The molecule has 0 bridgehead atoms. The first kappa shape index (κ1) is 24.1. The van der Waals surface area contributed by atoms with Crippen molar-refractivity contribution in [2.24, 2.45) is 0 Å². The molecule has 0 radical (unpaired) electrons. The molecule has 0 saturated carbocycles. The summed E-state index contributed by atoms with van der Waals surface area (Å²) in [6, 6.07) is 15.4. The molecule has 1 amide bonds. The SMILES string of the molecule is COc1ccc(C2Sc3ccccc3N(CCN(C)C)C(=O)C2OC(C)=O)cc1.[Cl-].[H+]. The van der Waals surface area contributed by atoms with E-state index in [1.165, 1.54) is 6.92 Å². The molecule has 0 spiro atoms. The lowest BCUT2D eigenvalue weighted by atomic mass is 10.1. The summed E-state index contributed by atoms with van der Waals surface area (Å²) in [6.07, 6.45) is -0.916. The molecule has 2 unspecified atom stereocenters. The number of halogens is 1. The lowest BCUT2D eigenvalue weighted by Gasteiger charge is -2.28. The highest BCUT2D eigenvalue weighted by molar-refractivity contribution is 7.99. The van der Waals surface area contributed by atoms with Gasteiger partial charge in [0, 0.05) is 24.9 Å². The number of carbonyl (C=O) groups excluding carboxylic acids is 2. The summed E-state index contributed by atoms with van der Waals surface area (Å²) >= 11 is 1.54. The van der Waals surface area contributed by atoms with Crippen LogP contribution in [-0.2, 0) is 14.3 Å². The average Bonchev–Trinajstić information content (AvgIpc) is 2.81. The van der Waals surface area contributed by atoms with Crippen molar-refractivity contribution in [1.82, 2.24) is 4.90 Å². The second-order valence-electron chi connectivity index (χ2n) is 7.10. The fraction of sp³-hybridized carbons (Fsp3) is 0.364. The fourth-order valence-electron chi connectivity index (χ4n) is 3.24. The van der Waals surface area contributed by atoms with Crippen LogP contribution in [0.4, 0.5) is 5.69 Å². The van der Waals surface area contributed by atoms with Crippen LogP contribution in [-0.4, -0.2) is 57.2 Å². The van der Waals surface area contributed by atoms with Gasteiger partial charge >= 0.3 is 7.40 Å². The van der Waals surface area contributed by atoms with Gasteiger partial charge in [0.15, 0.2) is 6.10 Å². The third-order valence-corrected chi connectivity index (χ3v) is 6.07. The van der Waals surface area contributed by atoms with Crippen molar-refractivity contribution in [3.8, 4) is 5.75 Å². The Kier molecular flexibility index (Phi) is 8.58. The van der Waals surface area contributed by atoms with Crippen molar-refractivity contribution >= 4 is 29.3 Å². The number of ether oxygens (including phenoxy) is 2. The van der Waals surface area contributed by atoms with Gasteiger partial charge in [0.05, 0.1) is 18.0 Å². The van der Waals surface area contributed by atoms with Gasteiger partial charge in [-0.2, -0.15) is 0 Å². The number of hydrogen-bond donors (Lipinski definition) is 0. The summed E-state index contributed by atoms with van der Waals surface area (Å²) in [5.41, 5.74) is 1.75. The molecule has 3 rings (SSSR count). The monoisotopic (exact) mass is 450 g/mol. The molecule has 0 aliphatic carbocycles. The zero-order chi connectivity index (χ0) is 21.0. The predicted molar refractivity (Wildman–Crippen MR) is 116 cm³/mol. The molecule has 1 aliphatic rings. The van der Waals surface area contributed by atoms with Gasteiger partial charge in [0.25, 0.3) is 5.91 Å². The van der Waals surface area contributed by atoms with E-state index in [0.717, 1.165) is 21.9 Å². The van der Waals surface area contributed by atoms with Gasteiger partial charge in [-0.25, -0.2) is 0 Å². The maximum Gasteiger partial charge on any atom is 1.00 e. The molecule has 2 atom stereocenters. The largest absolute Gasteiger partial charge is 1.00 e. The maximum absolute atomic E-state index is 13.6. The van der Waals surface area contributed by atoms with E-state index < -0.39 is 12.1 Å². The minimum atomic E-state index is -0.916. The van der Waals surface area contributed by atoms with Crippen molar-refractivity contribution < 1.29 is 32.9 Å². The molecule has 2 aromatic rings. The summed E-state index contributed by atoms with van der Waals surface area (Å²) in [4.78, 5) is 30.2. The number of rotatable bonds is 6. The number of methoxy groups -OCH3 is 1. The molecular weight excluding hydrogens is 424 g/mol. The highest BCUT2D eigenvalue weighted by Crippen LogP contribution is 2.46. The Hall–Kier alpha value is -2.22. The lowest BCUT2D eigenvalue weighted by Crippen LogP contribution is -3.00. The zero-order valence-corrected chi connectivity index (χ0v) is 19.1. The molecule has 0 N–H and O–H groups in total. The number of nitrogens with zero attached hydrogens (tertiary/aromatic N) is 2. The van der Waals surface area contributed by atoms with Crippen LogP contribution in [0.5, 0.6) is 5.75 Å². The zero-order valence-electron chi connectivity index (χ0n) is 18.5. The predicted octanol–water partition coefficient (Wildman–Crippen LogP) is 0.485. The minimum absolute atomic E-state index is 0. The van der Waals surface area contributed by atoms with Gasteiger partial charge in [-0.05, 0) is 43.9 Å². The number of esters is 1. The van der Waals surface area contributed by atoms with E-state index in [2.05, 4.69) is 0 Å². The van der Waals surface area contributed by atoms with Gasteiger partial charge in [-0.3, -0.25) is 9.59 Å². The number of likely N-dealkylation sites (N-methyl/N-ethyl adjacent to an activating group) is 1. The number of anilines is 1. The van der Waals surface area contributed by atoms with Crippen LogP contribution in [0, 0.1) is 0 Å². The summed E-state index contributed by atoms with van der Waals surface area (Å²) < 4.78 is 10.8. The Morgan fingerprint density at radius 1 is 1.17 bits per heavy atom. The van der Waals surface area contributed by atoms with Gasteiger partial charge in [0.2, 0.25) is 0 Å². The molecule has 2 aromatic carbocycles. The first-order valence-corrected chi connectivity index (χ1v) is 10.3. The first-order valence-electron chi connectivity index (χ1n) is 9.43. The van der Waals surface area contributed by atoms with Crippen molar-refractivity contribution in [1.29, 1.82) is 0 Å². The molecule has 30 heavy (non-hydrogen) atoms. The normalized spacial score (nSPS) is 18.3. The Labute approximate surface area is 189 Å². The van der Waals surface area contributed by atoms with Crippen molar-refractivity contribution in [2.75, 3.05) is 39.2 Å². The number of para-hydroxylation sites is 1. The molecule has 0 fully saturated rings. The number of carbonyl (C=O) groups is 2. The van der Waals surface area contributed by atoms with E-state index in [9.17, 15) is 9.59 Å².